The number of nitrogens with zero attached hydrogens (tertiary/aromatic N) is 2. The van der Waals surface area contributed by atoms with Crippen molar-refractivity contribution >= 4 is 21.8 Å². The van der Waals surface area contributed by atoms with Crippen LogP contribution < -0.4 is 9.88 Å². The van der Waals surface area contributed by atoms with Crippen LogP contribution in [0.25, 0.3) is 0 Å². The summed E-state index contributed by atoms with van der Waals surface area (Å²) in [5, 5.41) is 13.9. The van der Waals surface area contributed by atoms with Crippen molar-refractivity contribution in [2.75, 3.05) is 12.4 Å². The van der Waals surface area contributed by atoms with Gasteiger partial charge in [-0.3, -0.25) is 0 Å². The molecule has 0 bridgehead atoms. The highest BCUT2D eigenvalue weighted by atomic mass is 32.2. The molecule has 7 nitrogen and oxygen atoms in total. The molecule has 1 aromatic heterocycles. The summed E-state index contributed by atoms with van der Waals surface area (Å²) in [6.45, 7) is 0.445. The molecule has 0 spiro atoms. The number of hydrogen-bond acceptors (Lipinski definition) is 7. The zero-order chi connectivity index (χ0) is 17.7. The lowest BCUT2D eigenvalue weighted by atomic mass is 9.89. The first-order chi connectivity index (χ1) is 12.0. The van der Waals surface area contributed by atoms with Crippen LogP contribution >= 0.6 is 11.8 Å². The van der Waals surface area contributed by atoms with Gasteiger partial charge in [0.05, 0.1) is 11.5 Å². The van der Waals surface area contributed by atoms with E-state index in [0.717, 1.165) is 18.7 Å². The highest BCUT2D eigenvalue weighted by Gasteiger charge is 2.21. The van der Waals surface area contributed by atoms with Crippen LogP contribution in [0.5, 0.6) is 5.75 Å². The monoisotopic (exact) mass is 383 g/mol. The Bertz CT molecular complexity index is 784. The van der Waals surface area contributed by atoms with Gasteiger partial charge in [-0.1, -0.05) is 31.0 Å². The summed E-state index contributed by atoms with van der Waals surface area (Å²) in [6.07, 6.45) is 6.01. The van der Waals surface area contributed by atoms with E-state index in [9.17, 15) is 8.42 Å². The molecule has 1 aliphatic carbocycles. The molecule has 1 heterocycles. The predicted molar refractivity (Wildman–Crippen MR) is 94.2 cm³/mol. The van der Waals surface area contributed by atoms with Gasteiger partial charge in [0.15, 0.2) is 0 Å². The van der Waals surface area contributed by atoms with Gasteiger partial charge in [-0.05, 0) is 37.1 Å². The minimum Gasteiger partial charge on any atom is -0.493 e. The highest BCUT2D eigenvalue weighted by Crippen LogP contribution is 2.32. The Kier molecular flexibility index (Phi) is 5.98. The van der Waals surface area contributed by atoms with E-state index in [0.29, 0.717) is 29.2 Å². The summed E-state index contributed by atoms with van der Waals surface area (Å²) in [6, 6.07) is 6.01. The molecule has 0 unspecified atom stereocenters. The summed E-state index contributed by atoms with van der Waals surface area (Å²) in [5.74, 6) is 2.40. The fraction of sp³-hybridized carbons (Fsp3) is 0.500. The molecular formula is C16H21N3O4S2. The molecule has 3 rings (SSSR count). The fourth-order valence-electron chi connectivity index (χ4n) is 2.81. The molecule has 1 saturated carbocycles. The normalized spacial score (nSPS) is 16.0. The van der Waals surface area contributed by atoms with Gasteiger partial charge in [0, 0.05) is 11.7 Å². The standard InChI is InChI=1S/C16H21N3O4S2/c17-25(20,21)14-8-6-13(7-9-14)22-10-11-24-16-19-18-15(23-16)12-4-2-1-3-5-12/h6-9,12H,1-5,10-11H2,(H2,17,20,21). The smallest absolute Gasteiger partial charge is 0.276 e. The van der Waals surface area contributed by atoms with Gasteiger partial charge in [0.2, 0.25) is 15.9 Å². The van der Waals surface area contributed by atoms with Crippen molar-refractivity contribution in [3.05, 3.63) is 30.2 Å². The average Bonchev–Trinajstić information content (AvgIpc) is 3.08. The van der Waals surface area contributed by atoms with E-state index in [2.05, 4.69) is 10.2 Å². The van der Waals surface area contributed by atoms with Gasteiger partial charge in [0.1, 0.15) is 5.75 Å². The maximum absolute atomic E-state index is 11.2. The van der Waals surface area contributed by atoms with E-state index in [4.69, 9.17) is 14.3 Å². The van der Waals surface area contributed by atoms with Gasteiger partial charge in [-0.25, -0.2) is 13.6 Å². The molecule has 1 aromatic carbocycles. The second-order valence-corrected chi connectivity index (χ2v) is 8.56. The third kappa shape index (κ3) is 5.20. The average molecular weight is 383 g/mol. The van der Waals surface area contributed by atoms with Gasteiger partial charge in [-0.15, -0.1) is 10.2 Å². The molecule has 0 atom stereocenters. The lowest BCUT2D eigenvalue weighted by Gasteiger charge is -2.17. The van der Waals surface area contributed by atoms with E-state index in [-0.39, 0.29) is 4.90 Å². The van der Waals surface area contributed by atoms with Crippen LogP contribution in [0.1, 0.15) is 43.9 Å². The molecule has 2 aromatic rings. The quantitative estimate of drug-likeness (QED) is 0.578. The zero-order valence-corrected chi connectivity index (χ0v) is 15.4. The molecule has 0 radical (unpaired) electrons. The van der Waals surface area contributed by atoms with Crippen LogP contribution in [0.2, 0.25) is 0 Å². The molecule has 0 aliphatic heterocycles. The summed E-state index contributed by atoms with van der Waals surface area (Å²) in [5.41, 5.74) is 0. The summed E-state index contributed by atoms with van der Waals surface area (Å²) in [4.78, 5) is 0.0651. The molecule has 136 valence electrons. The van der Waals surface area contributed by atoms with Gasteiger partial charge < -0.3 is 9.15 Å². The minimum absolute atomic E-state index is 0.0651. The number of benzene rings is 1. The Balaban J connectivity index is 1.43. The second-order valence-electron chi connectivity index (χ2n) is 5.95. The topological polar surface area (TPSA) is 108 Å². The van der Waals surface area contributed by atoms with E-state index in [1.165, 1.54) is 43.2 Å². The Morgan fingerprint density at radius 3 is 2.56 bits per heavy atom. The largest absolute Gasteiger partial charge is 0.493 e. The van der Waals surface area contributed by atoms with Gasteiger partial charge in [0.25, 0.3) is 5.22 Å². The summed E-state index contributed by atoms with van der Waals surface area (Å²) in [7, 11) is -3.68. The van der Waals surface area contributed by atoms with Crippen molar-refractivity contribution in [3.8, 4) is 5.75 Å². The van der Waals surface area contributed by atoms with Gasteiger partial charge >= 0.3 is 0 Å². The number of rotatable bonds is 7. The molecular weight excluding hydrogens is 362 g/mol. The van der Waals surface area contributed by atoms with Crippen LogP contribution in [0, 0.1) is 0 Å². The van der Waals surface area contributed by atoms with Crippen molar-refractivity contribution in [1.29, 1.82) is 0 Å². The lowest BCUT2D eigenvalue weighted by Crippen LogP contribution is -2.11. The molecule has 1 fully saturated rings. The van der Waals surface area contributed by atoms with Gasteiger partial charge in [-0.2, -0.15) is 0 Å². The number of thioether (sulfide) groups is 1. The van der Waals surface area contributed by atoms with Crippen molar-refractivity contribution in [2.45, 2.75) is 48.1 Å². The lowest BCUT2D eigenvalue weighted by molar-refractivity contribution is 0.331. The molecule has 0 saturated heterocycles. The molecule has 9 heteroatoms. The molecule has 2 N–H and O–H groups in total. The Labute approximate surface area is 151 Å². The SMILES string of the molecule is NS(=O)(=O)c1ccc(OCCSc2nnc(C3CCCCC3)o2)cc1. The summed E-state index contributed by atoms with van der Waals surface area (Å²) >= 11 is 1.45. The molecule has 0 amide bonds. The predicted octanol–water partition coefficient (Wildman–Crippen LogP) is 2.94. The van der Waals surface area contributed by atoms with Crippen molar-refractivity contribution in [3.63, 3.8) is 0 Å². The fourth-order valence-corrected chi connectivity index (χ4v) is 3.91. The third-order valence-electron chi connectivity index (χ3n) is 4.11. The second kappa shape index (κ2) is 8.20. The van der Waals surface area contributed by atoms with Crippen molar-refractivity contribution in [1.82, 2.24) is 10.2 Å². The van der Waals surface area contributed by atoms with Crippen molar-refractivity contribution < 1.29 is 17.6 Å². The first-order valence-electron chi connectivity index (χ1n) is 8.24. The minimum atomic E-state index is -3.68. The number of nitrogens with two attached hydrogens (primary N) is 1. The van der Waals surface area contributed by atoms with Crippen LogP contribution in [-0.2, 0) is 10.0 Å². The number of hydrogen-bond donors (Lipinski definition) is 1. The van der Waals surface area contributed by atoms with E-state index >= 15 is 0 Å². The maximum atomic E-state index is 11.2. The van der Waals surface area contributed by atoms with Crippen LogP contribution in [0.4, 0.5) is 0 Å². The van der Waals surface area contributed by atoms with Crippen LogP contribution in [0.15, 0.2) is 38.8 Å². The van der Waals surface area contributed by atoms with E-state index < -0.39 is 10.0 Å². The number of primary sulfonamides is 1. The first kappa shape index (κ1) is 18.2. The molecule has 1 aliphatic rings. The third-order valence-corrected chi connectivity index (χ3v) is 5.82. The Hall–Kier alpha value is -1.58. The number of aromatic nitrogens is 2. The van der Waals surface area contributed by atoms with E-state index in [1.807, 2.05) is 0 Å². The Morgan fingerprint density at radius 1 is 1.16 bits per heavy atom. The van der Waals surface area contributed by atoms with Crippen LogP contribution in [-0.4, -0.2) is 31.0 Å². The number of sulfonamides is 1. The zero-order valence-electron chi connectivity index (χ0n) is 13.8. The molecule has 25 heavy (non-hydrogen) atoms. The van der Waals surface area contributed by atoms with E-state index in [1.54, 1.807) is 12.1 Å². The Morgan fingerprint density at radius 2 is 1.88 bits per heavy atom. The number of ether oxygens (including phenoxy) is 1. The summed E-state index contributed by atoms with van der Waals surface area (Å²) < 4.78 is 33.7. The van der Waals surface area contributed by atoms with Crippen molar-refractivity contribution in [2.24, 2.45) is 5.14 Å². The highest BCUT2D eigenvalue weighted by molar-refractivity contribution is 7.99. The maximum Gasteiger partial charge on any atom is 0.276 e. The first-order valence-corrected chi connectivity index (χ1v) is 10.8. The van der Waals surface area contributed by atoms with Crippen LogP contribution in [0.3, 0.4) is 0 Å².